The van der Waals surface area contributed by atoms with Crippen LogP contribution in [0.3, 0.4) is 0 Å². The summed E-state index contributed by atoms with van der Waals surface area (Å²) in [5.74, 6) is -0.561. The molecule has 0 spiro atoms. The van der Waals surface area contributed by atoms with E-state index in [1.807, 2.05) is 60.7 Å². The van der Waals surface area contributed by atoms with Crippen molar-refractivity contribution in [3.63, 3.8) is 0 Å². The summed E-state index contributed by atoms with van der Waals surface area (Å²) in [5.41, 5.74) is -0.621. The quantitative estimate of drug-likeness (QED) is 0.301. The van der Waals surface area contributed by atoms with Crippen molar-refractivity contribution in [2.24, 2.45) is 0 Å². The van der Waals surface area contributed by atoms with Crippen LogP contribution >= 0.6 is 0 Å². The molecule has 0 atom stereocenters. The number of carboxylic acids is 1. The van der Waals surface area contributed by atoms with Gasteiger partial charge in [0.1, 0.15) is 12.4 Å². The van der Waals surface area contributed by atoms with Gasteiger partial charge < -0.3 is 9.84 Å². The lowest BCUT2D eigenvalue weighted by Crippen LogP contribution is -2.55. The number of nitrogens with zero attached hydrogens (tertiary/aromatic N) is 3. The Morgan fingerprint density at radius 3 is 1.82 bits per heavy atom. The van der Waals surface area contributed by atoms with Gasteiger partial charge in [-0.1, -0.05) is 72.8 Å². The Hall–Kier alpha value is -5.18. The second-order valence-corrected chi connectivity index (χ2v) is 8.56. The van der Waals surface area contributed by atoms with E-state index >= 15 is 0 Å². The van der Waals surface area contributed by atoms with E-state index in [1.165, 1.54) is 18.2 Å². The molecule has 0 aliphatic carbocycles. The highest BCUT2D eigenvalue weighted by Gasteiger charge is 2.24. The highest BCUT2D eigenvalue weighted by Crippen LogP contribution is 2.23. The van der Waals surface area contributed by atoms with E-state index in [4.69, 9.17) is 9.84 Å². The average molecular weight is 526 g/mol. The van der Waals surface area contributed by atoms with Crippen molar-refractivity contribution in [3.05, 3.63) is 158 Å². The molecular weight excluding hydrogens is 498 g/mol. The lowest BCUT2D eigenvalue weighted by atomic mass is 9.98. The Kier molecular flexibility index (Phi) is 8.53. The fourth-order valence-electron chi connectivity index (χ4n) is 4.16. The Balaban J connectivity index is 1.69. The number of aromatic carboxylic acids is 1. The summed E-state index contributed by atoms with van der Waals surface area (Å²) in [7, 11) is 0. The Bertz CT molecular complexity index is 1610. The number of carbonyl (C=O) groups is 1. The van der Waals surface area contributed by atoms with Gasteiger partial charge in [0.05, 0.1) is 24.7 Å². The minimum atomic E-state index is -1.03. The van der Waals surface area contributed by atoms with E-state index in [0.29, 0.717) is 5.75 Å². The number of benzene rings is 3. The number of hydrogen-bond donors (Lipinski definition) is 1. The zero-order chi connectivity index (χ0) is 27.8. The van der Waals surface area contributed by atoms with E-state index in [9.17, 15) is 19.2 Å². The number of ether oxygens (including phenoxy) is 1. The second-order valence-electron chi connectivity index (χ2n) is 8.56. The van der Waals surface area contributed by atoms with Crippen LogP contribution in [-0.2, 0) is 13.1 Å². The zero-order valence-corrected chi connectivity index (χ0v) is 21.1. The van der Waals surface area contributed by atoms with Crippen molar-refractivity contribution in [3.8, 4) is 5.75 Å². The number of hydrogen-bond acceptors (Lipinski definition) is 5. The SMILES string of the molecule is C=CCn1c(=O)n(C/C=C/COc2ccc(C(=O)O)cc2)c(=O)n(C(c2ccccc2)c2ccccc2)c1=O. The van der Waals surface area contributed by atoms with E-state index in [0.717, 1.165) is 24.8 Å². The molecule has 0 bridgehead atoms. The Labute approximate surface area is 223 Å². The highest BCUT2D eigenvalue weighted by molar-refractivity contribution is 5.87. The standard InChI is InChI=1S/C30H27N3O6/c1-2-19-31-28(36)32(20-9-10-21-39-25-17-15-24(16-18-25)27(34)35)30(38)33(29(31)37)26(22-11-5-3-6-12-22)23-13-7-4-8-14-23/h2-18,26H,1,19-21H2,(H,34,35)/b10-9+. The minimum Gasteiger partial charge on any atom is -0.490 e. The van der Waals surface area contributed by atoms with Gasteiger partial charge in [0.2, 0.25) is 0 Å². The lowest BCUT2D eigenvalue weighted by Gasteiger charge is -2.22. The van der Waals surface area contributed by atoms with Crippen LogP contribution in [0.4, 0.5) is 0 Å². The molecule has 0 saturated heterocycles. The van der Waals surface area contributed by atoms with Crippen LogP contribution in [-0.4, -0.2) is 31.4 Å². The van der Waals surface area contributed by atoms with E-state index in [2.05, 4.69) is 6.58 Å². The predicted molar refractivity (Wildman–Crippen MR) is 148 cm³/mol. The van der Waals surface area contributed by atoms with Gasteiger partial charge in [-0.15, -0.1) is 6.58 Å². The summed E-state index contributed by atoms with van der Waals surface area (Å²) in [6.07, 6.45) is 4.67. The molecule has 1 aromatic heterocycles. The van der Waals surface area contributed by atoms with E-state index < -0.39 is 29.1 Å². The van der Waals surface area contributed by atoms with Crippen molar-refractivity contribution in [2.45, 2.75) is 19.1 Å². The van der Waals surface area contributed by atoms with Crippen molar-refractivity contribution >= 4 is 5.97 Å². The molecule has 4 aromatic rings. The summed E-state index contributed by atoms with van der Waals surface area (Å²) in [6, 6.07) is 23.5. The molecule has 9 nitrogen and oxygen atoms in total. The Morgan fingerprint density at radius 1 is 0.769 bits per heavy atom. The molecule has 0 fully saturated rings. The molecule has 0 aliphatic rings. The number of rotatable bonds is 11. The maximum atomic E-state index is 13.7. The fourth-order valence-corrected chi connectivity index (χ4v) is 4.16. The second kappa shape index (κ2) is 12.4. The maximum absolute atomic E-state index is 13.7. The smallest absolute Gasteiger partial charge is 0.337 e. The summed E-state index contributed by atoms with van der Waals surface area (Å²) in [6.45, 7) is 3.62. The van der Waals surface area contributed by atoms with Crippen molar-refractivity contribution in [1.82, 2.24) is 13.7 Å². The first-order chi connectivity index (χ1) is 18.9. The summed E-state index contributed by atoms with van der Waals surface area (Å²) < 4.78 is 8.67. The third-order valence-electron chi connectivity index (χ3n) is 6.04. The van der Waals surface area contributed by atoms with Crippen molar-refractivity contribution < 1.29 is 14.6 Å². The molecular formula is C30H27N3O6. The molecule has 9 heteroatoms. The van der Waals surface area contributed by atoms with Crippen LogP contribution in [0, 0.1) is 0 Å². The summed E-state index contributed by atoms with van der Waals surface area (Å²) >= 11 is 0. The van der Waals surface area contributed by atoms with Gasteiger partial charge in [-0.2, -0.15) is 0 Å². The van der Waals surface area contributed by atoms with Crippen molar-refractivity contribution in [2.75, 3.05) is 6.61 Å². The maximum Gasteiger partial charge on any atom is 0.337 e. The van der Waals surface area contributed by atoms with E-state index in [1.54, 1.807) is 24.3 Å². The normalized spacial score (nSPS) is 11.1. The first kappa shape index (κ1) is 26.9. The summed E-state index contributed by atoms with van der Waals surface area (Å²) in [5, 5.41) is 8.99. The van der Waals surface area contributed by atoms with E-state index in [-0.39, 0.29) is 25.3 Å². The molecule has 1 N–H and O–H groups in total. The van der Waals surface area contributed by atoms with Gasteiger partial charge in [-0.25, -0.2) is 32.9 Å². The molecule has 3 aromatic carbocycles. The van der Waals surface area contributed by atoms with Crippen LogP contribution < -0.4 is 21.8 Å². The van der Waals surface area contributed by atoms with Crippen LogP contribution in [0.25, 0.3) is 0 Å². The third kappa shape index (κ3) is 6.04. The van der Waals surface area contributed by atoms with Crippen LogP contribution in [0.2, 0.25) is 0 Å². The van der Waals surface area contributed by atoms with Gasteiger partial charge in [0.25, 0.3) is 0 Å². The molecule has 4 rings (SSSR count). The van der Waals surface area contributed by atoms with Gasteiger partial charge in [-0.3, -0.25) is 0 Å². The topological polar surface area (TPSA) is 113 Å². The Morgan fingerprint density at radius 2 is 1.31 bits per heavy atom. The van der Waals surface area contributed by atoms with Gasteiger partial charge in [-0.05, 0) is 41.5 Å². The summed E-state index contributed by atoms with van der Waals surface area (Å²) in [4.78, 5) is 51.4. The first-order valence-corrected chi connectivity index (χ1v) is 12.2. The molecule has 0 saturated carbocycles. The molecule has 1 heterocycles. The molecule has 198 valence electrons. The molecule has 0 amide bonds. The zero-order valence-electron chi connectivity index (χ0n) is 21.1. The number of carboxylic acid groups (broad SMARTS) is 1. The van der Waals surface area contributed by atoms with Crippen LogP contribution in [0.5, 0.6) is 5.75 Å². The van der Waals surface area contributed by atoms with Crippen LogP contribution in [0.1, 0.15) is 27.5 Å². The average Bonchev–Trinajstić information content (AvgIpc) is 2.96. The molecule has 39 heavy (non-hydrogen) atoms. The van der Waals surface area contributed by atoms with Gasteiger partial charge in [0, 0.05) is 0 Å². The molecule has 0 radical (unpaired) electrons. The molecule has 0 aliphatic heterocycles. The minimum absolute atomic E-state index is 0.0621. The third-order valence-corrected chi connectivity index (χ3v) is 6.04. The highest BCUT2D eigenvalue weighted by atomic mass is 16.5. The van der Waals surface area contributed by atoms with Crippen LogP contribution in [0.15, 0.2) is 124 Å². The monoisotopic (exact) mass is 525 g/mol. The number of allylic oxidation sites excluding steroid dienone is 2. The van der Waals surface area contributed by atoms with Gasteiger partial charge >= 0.3 is 23.0 Å². The van der Waals surface area contributed by atoms with Crippen molar-refractivity contribution in [1.29, 1.82) is 0 Å². The fraction of sp³-hybridized carbons (Fsp3) is 0.133. The lowest BCUT2D eigenvalue weighted by molar-refractivity contribution is 0.0697. The molecule has 0 unspecified atom stereocenters. The predicted octanol–water partition coefficient (Wildman–Crippen LogP) is 3.33. The first-order valence-electron chi connectivity index (χ1n) is 12.2. The largest absolute Gasteiger partial charge is 0.490 e. The van der Waals surface area contributed by atoms with Gasteiger partial charge in [0.15, 0.2) is 0 Å². The number of aromatic nitrogens is 3.